The Kier molecular flexibility index (Phi) is 3.86. The first-order valence-electron chi connectivity index (χ1n) is 7.76. The average molecular weight is 284 g/mol. The Morgan fingerprint density at radius 3 is 2.48 bits per heavy atom. The van der Waals surface area contributed by atoms with Crippen molar-refractivity contribution in [2.75, 3.05) is 12.4 Å². The second kappa shape index (κ2) is 5.80. The van der Waals surface area contributed by atoms with Gasteiger partial charge in [0, 0.05) is 24.5 Å². The highest BCUT2D eigenvalue weighted by Gasteiger charge is 2.36. The van der Waals surface area contributed by atoms with E-state index in [1.807, 2.05) is 25.2 Å². The second-order valence-corrected chi connectivity index (χ2v) is 5.99. The van der Waals surface area contributed by atoms with E-state index in [0.717, 1.165) is 11.5 Å². The first-order chi connectivity index (χ1) is 10.2. The van der Waals surface area contributed by atoms with Crippen LogP contribution in [-0.4, -0.2) is 30.1 Å². The van der Waals surface area contributed by atoms with Gasteiger partial charge in [-0.15, -0.1) is 0 Å². The van der Waals surface area contributed by atoms with Crippen LogP contribution < -0.4 is 10.6 Å². The van der Waals surface area contributed by atoms with Gasteiger partial charge < -0.3 is 15.5 Å². The van der Waals surface area contributed by atoms with Crippen molar-refractivity contribution in [3.05, 3.63) is 42.1 Å². The molecule has 0 amide bonds. The van der Waals surface area contributed by atoms with Crippen LogP contribution in [0.3, 0.4) is 0 Å². The molecule has 21 heavy (non-hydrogen) atoms. The van der Waals surface area contributed by atoms with Crippen molar-refractivity contribution in [1.29, 1.82) is 0 Å². The zero-order chi connectivity index (χ0) is 14.8. The van der Waals surface area contributed by atoms with E-state index in [1.54, 1.807) is 0 Å². The topological polar surface area (TPSA) is 39.7 Å². The number of hydrogen-bond acceptors (Lipinski definition) is 4. The van der Waals surface area contributed by atoms with Crippen LogP contribution in [0.15, 0.2) is 47.1 Å². The lowest BCUT2D eigenvalue weighted by Gasteiger charge is -2.40. The highest BCUT2D eigenvalue weighted by Crippen LogP contribution is 2.41. The Balaban J connectivity index is 1.88. The molecule has 112 valence electrons. The lowest BCUT2D eigenvalue weighted by atomic mass is 10.1. The number of likely N-dealkylation sites (N-methyl/N-ethyl adjacent to an activating group) is 1. The number of aliphatic imine (C=N–C) groups is 1. The third-order valence-electron chi connectivity index (χ3n) is 3.99. The minimum atomic E-state index is -0.0459. The van der Waals surface area contributed by atoms with Gasteiger partial charge in [0.05, 0.1) is 0 Å². The highest BCUT2D eigenvalue weighted by molar-refractivity contribution is 5.94. The number of nitrogens with one attached hydrogen (secondary N) is 2. The minimum absolute atomic E-state index is 0.0459. The Morgan fingerprint density at radius 2 is 1.90 bits per heavy atom. The summed E-state index contributed by atoms with van der Waals surface area (Å²) in [5.41, 5.74) is 2.52. The van der Waals surface area contributed by atoms with E-state index in [9.17, 15) is 0 Å². The molecule has 1 aliphatic heterocycles. The van der Waals surface area contributed by atoms with E-state index >= 15 is 0 Å². The molecule has 0 spiro atoms. The summed E-state index contributed by atoms with van der Waals surface area (Å²) in [6.45, 7) is 4.46. The van der Waals surface area contributed by atoms with Crippen LogP contribution in [0, 0.1) is 5.92 Å². The molecule has 3 rings (SSSR count). The zero-order valence-electron chi connectivity index (χ0n) is 13.0. The Bertz CT molecular complexity index is 543. The standard InChI is InChI=1S/C17H24N4/c1-12(2)21-15(13-9-10-13)11-16(18-3)20-17(21)19-14-7-5-4-6-8-14/h4-8,11-13,17,19H,9-10H2,1-3H3,(H,18,20). The molecule has 1 aliphatic carbocycles. The maximum atomic E-state index is 4.80. The molecule has 1 heterocycles. The summed E-state index contributed by atoms with van der Waals surface area (Å²) < 4.78 is 0. The van der Waals surface area contributed by atoms with Crippen LogP contribution in [0.25, 0.3) is 0 Å². The molecule has 2 N–H and O–H groups in total. The van der Waals surface area contributed by atoms with Crippen LogP contribution in [0.4, 0.5) is 5.69 Å². The smallest absolute Gasteiger partial charge is 0.198 e. The van der Waals surface area contributed by atoms with Crippen molar-refractivity contribution in [3.63, 3.8) is 0 Å². The summed E-state index contributed by atoms with van der Waals surface area (Å²) >= 11 is 0. The largest absolute Gasteiger partial charge is 0.373 e. The van der Waals surface area contributed by atoms with E-state index in [-0.39, 0.29) is 6.29 Å². The third-order valence-corrected chi connectivity index (χ3v) is 3.99. The summed E-state index contributed by atoms with van der Waals surface area (Å²) in [4.78, 5) is 7.21. The molecule has 1 fully saturated rings. The number of nitrogens with zero attached hydrogens (tertiary/aromatic N) is 2. The second-order valence-electron chi connectivity index (χ2n) is 5.99. The molecule has 1 saturated carbocycles. The Hall–Kier alpha value is -1.97. The van der Waals surface area contributed by atoms with E-state index in [2.05, 4.69) is 47.6 Å². The predicted molar refractivity (Wildman–Crippen MR) is 88.1 cm³/mol. The van der Waals surface area contributed by atoms with E-state index < -0.39 is 0 Å². The maximum absolute atomic E-state index is 4.80. The molecule has 0 radical (unpaired) electrons. The van der Waals surface area contributed by atoms with Crippen molar-refractivity contribution in [2.24, 2.45) is 10.9 Å². The molecule has 1 aromatic rings. The van der Waals surface area contributed by atoms with Crippen molar-refractivity contribution in [3.8, 4) is 0 Å². The average Bonchev–Trinajstić information content (AvgIpc) is 3.31. The molecule has 1 aromatic carbocycles. The predicted octanol–water partition coefficient (Wildman–Crippen LogP) is 3.02. The van der Waals surface area contributed by atoms with Gasteiger partial charge in [-0.2, -0.15) is 0 Å². The number of para-hydroxylation sites is 1. The number of benzene rings is 1. The normalized spacial score (nSPS) is 21.9. The number of hydrogen-bond donors (Lipinski definition) is 2. The molecule has 1 atom stereocenters. The quantitative estimate of drug-likeness (QED) is 0.893. The first-order valence-corrected chi connectivity index (χ1v) is 7.76. The van der Waals surface area contributed by atoms with Crippen molar-refractivity contribution < 1.29 is 0 Å². The monoisotopic (exact) mass is 284 g/mol. The van der Waals surface area contributed by atoms with Gasteiger partial charge in [-0.25, -0.2) is 4.99 Å². The maximum Gasteiger partial charge on any atom is 0.198 e. The van der Waals surface area contributed by atoms with Crippen molar-refractivity contribution in [2.45, 2.75) is 39.0 Å². The van der Waals surface area contributed by atoms with Gasteiger partial charge in [-0.1, -0.05) is 18.2 Å². The Labute approximate surface area is 126 Å². The van der Waals surface area contributed by atoms with E-state index in [0.29, 0.717) is 12.0 Å². The van der Waals surface area contributed by atoms with E-state index in [4.69, 9.17) is 4.99 Å². The van der Waals surface area contributed by atoms with Crippen LogP contribution in [0.1, 0.15) is 26.7 Å². The molecular formula is C17H24N4. The molecule has 2 aliphatic rings. The molecule has 4 heteroatoms. The summed E-state index contributed by atoms with van der Waals surface area (Å²) in [6.07, 6.45) is 4.75. The van der Waals surface area contributed by atoms with Gasteiger partial charge in [0.25, 0.3) is 0 Å². The van der Waals surface area contributed by atoms with Gasteiger partial charge in [0.15, 0.2) is 6.29 Å². The van der Waals surface area contributed by atoms with Gasteiger partial charge in [-0.05, 0) is 50.8 Å². The lowest BCUT2D eigenvalue weighted by Crippen LogP contribution is -2.47. The zero-order valence-corrected chi connectivity index (χ0v) is 13.0. The third kappa shape index (κ3) is 3.04. The first kappa shape index (κ1) is 14.0. The van der Waals surface area contributed by atoms with Gasteiger partial charge in [0.2, 0.25) is 0 Å². The number of allylic oxidation sites excluding steroid dienone is 1. The number of rotatable bonds is 4. The molecule has 0 saturated heterocycles. The summed E-state index contributed by atoms with van der Waals surface area (Å²) in [5.74, 6) is 1.66. The van der Waals surface area contributed by atoms with Crippen molar-refractivity contribution >= 4 is 11.5 Å². The molecule has 4 nitrogen and oxygen atoms in total. The summed E-state index contributed by atoms with van der Waals surface area (Å²) in [6, 6.07) is 10.7. The van der Waals surface area contributed by atoms with Crippen LogP contribution in [0.2, 0.25) is 0 Å². The fourth-order valence-corrected chi connectivity index (χ4v) is 2.80. The summed E-state index contributed by atoms with van der Waals surface area (Å²) in [7, 11) is 1.93. The van der Waals surface area contributed by atoms with Crippen LogP contribution >= 0.6 is 0 Å². The van der Waals surface area contributed by atoms with Gasteiger partial charge >= 0.3 is 0 Å². The summed E-state index contributed by atoms with van der Waals surface area (Å²) in [5, 5.41) is 6.75. The van der Waals surface area contributed by atoms with Gasteiger partial charge in [-0.3, -0.25) is 0 Å². The van der Waals surface area contributed by atoms with Crippen molar-refractivity contribution in [1.82, 2.24) is 10.2 Å². The number of anilines is 1. The minimum Gasteiger partial charge on any atom is -0.373 e. The lowest BCUT2D eigenvalue weighted by molar-refractivity contribution is 0.214. The molecule has 1 unspecified atom stereocenters. The van der Waals surface area contributed by atoms with E-state index in [1.165, 1.54) is 18.5 Å². The molecule has 0 bridgehead atoms. The Morgan fingerprint density at radius 1 is 1.19 bits per heavy atom. The number of amidine groups is 1. The van der Waals surface area contributed by atoms with Crippen LogP contribution in [0.5, 0.6) is 0 Å². The van der Waals surface area contributed by atoms with Gasteiger partial charge in [0.1, 0.15) is 5.84 Å². The SMILES string of the molecule is CNC1=NC(Nc2ccccc2)N(C(C)C)C(C2CC2)=C1. The fourth-order valence-electron chi connectivity index (χ4n) is 2.80. The molecular weight excluding hydrogens is 260 g/mol. The fraction of sp³-hybridized carbons (Fsp3) is 0.471. The van der Waals surface area contributed by atoms with Crippen LogP contribution in [-0.2, 0) is 0 Å². The molecule has 0 aromatic heterocycles. The highest BCUT2D eigenvalue weighted by atomic mass is 15.4.